The van der Waals surface area contributed by atoms with Crippen LogP contribution in [0.2, 0.25) is 0 Å². The van der Waals surface area contributed by atoms with Gasteiger partial charge in [0.2, 0.25) is 0 Å². The van der Waals surface area contributed by atoms with Crippen LogP contribution in [0.3, 0.4) is 0 Å². The van der Waals surface area contributed by atoms with Crippen molar-refractivity contribution in [1.82, 2.24) is 15.8 Å². The van der Waals surface area contributed by atoms with Gasteiger partial charge in [0.1, 0.15) is 12.4 Å². The second kappa shape index (κ2) is 6.32. The number of carbonyl (C=O) groups excluding carboxylic acids is 1. The number of aryl methyl sites for hydroxylation is 2. The maximum atomic E-state index is 12.1. The number of benzene rings is 1. The van der Waals surface area contributed by atoms with E-state index in [4.69, 9.17) is 9.26 Å². The van der Waals surface area contributed by atoms with Gasteiger partial charge in [0, 0.05) is 11.6 Å². The van der Waals surface area contributed by atoms with Gasteiger partial charge >= 0.3 is 6.03 Å². The number of aromatic nitrogens is 1. The lowest BCUT2D eigenvalue weighted by molar-refractivity contribution is 0.230. The number of amides is 2. The van der Waals surface area contributed by atoms with E-state index in [1.807, 2.05) is 32.9 Å². The Bertz CT molecular complexity index is 724. The van der Waals surface area contributed by atoms with Crippen LogP contribution in [0.4, 0.5) is 4.79 Å². The molecule has 6 heteroatoms. The van der Waals surface area contributed by atoms with E-state index in [9.17, 15) is 4.79 Å². The molecule has 0 radical (unpaired) electrons. The fourth-order valence-corrected chi connectivity index (χ4v) is 2.64. The standard InChI is InChI=1S/C17H21N3O3/c1-4-12-7-13(23-20-12)8-18-17(21)19-15-9-22-16-11(3)10(2)5-6-14(15)16/h5-7,15H,4,8-9H2,1-3H3,(H2,18,19,21)/t15-/m1/s1. The number of hydrogen-bond donors (Lipinski definition) is 2. The van der Waals surface area contributed by atoms with Crippen molar-refractivity contribution in [2.24, 2.45) is 0 Å². The Labute approximate surface area is 135 Å². The van der Waals surface area contributed by atoms with Crippen molar-refractivity contribution in [1.29, 1.82) is 0 Å². The molecule has 2 heterocycles. The van der Waals surface area contributed by atoms with E-state index in [1.54, 1.807) is 0 Å². The molecule has 1 aromatic heterocycles. The molecule has 0 unspecified atom stereocenters. The molecule has 1 aromatic carbocycles. The van der Waals surface area contributed by atoms with Crippen LogP contribution in [0.25, 0.3) is 0 Å². The third-order valence-corrected chi connectivity index (χ3v) is 4.18. The maximum absolute atomic E-state index is 12.1. The SMILES string of the molecule is CCc1cc(CNC(=O)N[C@@H]2COc3c2ccc(C)c3C)on1. The molecule has 0 fully saturated rings. The summed E-state index contributed by atoms with van der Waals surface area (Å²) in [7, 11) is 0. The smallest absolute Gasteiger partial charge is 0.315 e. The largest absolute Gasteiger partial charge is 0.490 e. The van der Waals surface area contributed by atoms with Gasteiger partial charge in [0.05, 0.1) is 18.3 Å². The Morgan fingerprint density at radius 3 is 2.96 bits per heavy atom. The second-order valence-corrected chi connectivity index (χ2v) is 5.75. The van der Waals surface area contributed by atoms with Crippen LogP contribution < -0.4 is 15.4 Å². The molecule has 0 bridgehead atoms. The summed E-state index contributed by atoms with van der Waals surface area (Å²) in [4.78, 5) is 12.1. The summed E-state index contributed by atoms with van der Waals surface area (Å²) in [5.41, 5.74) is 4.22. The molecule has 1 aliphatic heterocycles. The van der Waals surface area contributed by atoms with Gasteiger partial charge in [0.25, 0.3) is 0 Å². The van der Waals surface area contributed by atoms with Crippen LogP contribution in [0.15, 0.2) is 22.7 Å². The van der Waals surface area contributed by atoms with Gasteiger partial charge < -0.3 is 19.9 Å². The quantitative estimate of drug-likeness (QED) is 0.909. The zero-order chi connectivity index (χ0) is 16.4. The third-order valence-electron chi connectivity index (χ3n) is 4.18. The van der Waals surface area contributed by atoms with E-state index in [0.717, 1.165) is 29.0 Å². The molecule has 2 aromatic rings. The van der Waals surface area contributed by atoms with E-state index >= 15 is 0 Å². The molecule has 3 rings (SSSR count). The van der Waals surface area contributed by atoms with Gasteiger partial charge in [-0.25, -0.2) is 4.79 Å². The van der Waals surface area contributed by atoms with Crippen molar-refractivity contribution in [2.45, 2.75) is 39.8 Å². The molecular weight excluding hydrogens is 294 g/mol. The summed E-state index contributed by atoms with van der Waals surface area (Å²) in [5, 5.41) is 9.61. The summed E-state index contributed by atoms with van der Waals surface area (Å²) < 4.78 is 10.9. The predicted molar refractivity (Wildman–Crippen MR) is 85.4 cm³/mol. The van der Waals surface area contributed by atoms with Crippen LogP contribution in [-0.2, 0) is 13.0 Å². The summed E-state index contributed by atoms with van der Waals surface area (Å²) in [6, 6.07) is 5.53. The highest BCUT2D eigenvalue weighted by Crippen LogP contribution is 2.36. The number of urea groups is 1. The fourth-order valence-electron chi connectivity index (χ4n) is 2.64. The lowest BCUT2D eigenvalue weighted by Gasteiger charge is -2.12. The van der Waals surface area contributed by atoms with E-state index in [0.29, 0.717) is 18.9 Å². The molecule has 1 atom stereocenters. The molecule has 6 nitrogen and oxygen atoms in total. The Balaban J connectivity index is 1.58. The summed E-state index contributed by atoms with van der Waals surface area (Å²) in [5.74, 6) is 1.53. The number of ether oxygens (including phenoxy) is 1. The van der Waals surface area contributed by atoms with Crippen LogP contribution in [-0.4, -0.2) is 17.8 Å². The molecule has 1 aliphatic rings. The van der Waals surface area contributed by atoms with Crippen LogP contribution in [0.5, 0.6) is 5.75 Å². The minimum Gasteiger partial charge on any atom is -0.490 e. The first-order valence-corrected chi connectivity index (χ1v) is 7.80. The first kappa shape index (κ1) is 15.4. The summed E-state index contributed by atoms with van der Waals surface area (Å²) in [6.45, 7) is 6.85. The monoisotopic (exact) mass is 315 g/mol. The first-order valence-electron chi connectivity index (χ1n) is 7.80. The topological polar surface area (TPSA) is 76.4 Å². The summed E-state index contributed by atoms with van der Waals surface area (Å²) >= 11 is 0. The van der Waals surface area contributed by atoms with Gasteiger partial charge in [-0.05, 0) is 31.4 Å². The lowest BCUT2D eigenvalue weighted by atomic mass is 10.0. The average molecular weight is 315 g/mol. The Hall–Kier alpha value is -2.50. The van der Waals surface area contributed by atoms with E-state index < -0.39 is 0 Å². The van der Waals surface area contributed by atoms with E-state index in [1.165, 1.54) is 5.56 Å². The van der Waals surface area contributed by atoms with Gasteiger partial charge in [-0.15, -0.1) is 0 Å². The van der Waals surface area contributed by atoms with Crippen molar-refractivity contribution in [3.8, 4) is 5.75 Å². The van der Waals surface area contributed by atoms with Crippen molar-refractivity contribution in [3.05, 3.63) is 46.3 Å². The predicted octanol–water partition coefficient (Wildman–Crippen LogP) is 2.79. The maximum Gasteiger partial charge on any atom is 0.315 e. The number of hydrogen-bond acceptors (Lipinski definition) is 4. The molecule has 0 aliphatic carbocycles. The normalized spacial score (nSPS) is 15.9. The number of nitrogens with one attached hydrogen (secondary N) is 2. The first-order chi connectivity index (χ1) is 11.1. The van der Waals surface area contributed by atoms with E-state index in [2.05, 4.69) is 21.9 Å². The van der Waals surface area contributed by atoms with Crippen molar-refractivity contribution in [2.75, 3.05) is 6.61 Å². The fraction of sp³-hybridized carbons (Fsp3) is 0.412. The van der Waals surface area contributed by atoms with Gasteiger partial charge in [-0.2, -0.15) is 0 Å². The number of nitrogens with zero attached hydrogens (tertiary/aromatic N) is 1. The molecule has 2 amide bonds. The minimum absolute atomic E-state index is 0.134. The van der Waals surface area contributed by atoms with Crippen molar-refractivity contribution >= 4 is 6.03 Å². The summed E-state index contributed by atoms with van der Waals surface area (Å²) in [6.07, 6.45) is 0.810. The van der Waals surface area contributed by atoms with Gasteiger partial charge in [0.15, 0.2) is 5.76 Å². The number of carbonyl (C=O) groups is 1. The van der Waals surface area contributed by atoms with Crippen molar-refractivity contribution in [3.63, 3.8) is 0 Å². The molecule has 0 spiro atoms. The van der Waals surface area contributed by atoms with Crippen molar-refractivity contribution < 1.29 is 14.1 Å². The highest BCUT2D eigenvalue weighted by atomic mass is 16.5. The average Bonchev–Trinajstić information content (AvgIpc) is 3.16. The third kappa shape index (κ3) is 3.16. The zero-order valence-electron chi connectivity index (χ0n) is 13.6. The Morgan fingerprint density at radius 1 is 1.39 bits per heavy atom. The molecule has 2 N–H and O–H groups in total. The lowest BCUT2D eigenvalue weighted by Crippen LogP contribution is -2.38. The van der Waals surface area contributed by atoms with Crippen LogP contribution in [0, 0.1) is 13.8 Å². The van der Waals surface area contributed by atoms with Gasteiger partial charge in [-0.1, -0.05) is 24.2 Å². The Morgan fingerprint density at radius 2 is 2.22 bits per heavy atom. The second-order valence-electron chi connectivity index (χ2n) is 5.75. The van der Waals surface area contributed by atoms with Crippen LogP contribution >= 0.6 is 0 Å². The number of rotatable bonds is 4. The Kier molecular flexibility index (Phi) is 4.23. The number of fused-ring (bicyclic) bond motifs is 1. The van der Waals surface area contributed by atoms with Crippen LogP contribution in [0.1, 0.15) is 41.1 Å². The molecular formula is C17H21N3O3. The van der Waals surface area contributed by atoms with Gasteiger partial charge in [-0.3, -0.25) is 0 Å². The molecule has 23 heavy (non-hydrogen) atoms. The molecule has 0 saturated heterocycles. The zero-order valence-corrected chi connectivity index (χ0v) is 13.6. The molecule has 122 valence electrons. The van der Waals surface area contributed by atoms with E-state index in [-0.39, 0.29) is 12.1 Å². The highest BCUT2D eigenvalue weighted by molar-refractivity contribution is 5.74. The highest BCUT2D eigenvalue weighted by Gasteiger charge is 2.27. The molecule has 0 saturated carbocycles. The minimum atomic E-state index is -0.251.